The van der Waals surface area contributed by atoms with E-state index in [1.807, 2.05) is 54.6 Å². The summed E-state index contributed by atoms with van der Waals surface area (Å²) in [7, 11) is 0. The Labute approximate surface area is 242 Å². The number of aliphatic carboxylic acids is 1. The molecule has 8 heteroatoms. The molecule has 1 aliphatic heterocycles. The van der Waals surface area contributed by atoms with Gasteiger partial charge in [0, 0.05) is 11.6 Å². The first-order chi connectivity index (χ1) is 19.9. The normalized spacial score (nSPS) is 22.9. The van der Waals surface area contributed by atoms with Crippen molar-refractivity contribution in [1.29, 1.82) is 0 Å². The highest BCUT2D eigenvalue weighted by atomic mass is 16.5. The first kappa shape index (κ1) is 28.8. The summed E-state index contributed by atoms with van der Waals surface area (Å²) in [5.41, 5.74) is 2.79. The molecule has 5 rings (SSSR count). The fraction of sp³-hybridized carbons (Fsp3) is 0.515. The summed E-state index contributed by atoms with van der Waals surface area (Å²) in [5, 5.41) is 18.5. The monoisotopic (exact) mass is 559 g/mol. The summed E-state index contributed by atoms with van der Waals surface area (Å²) < 4.78 is 5.56. The molecule has 2 atom stereocenters. The van der Waals surface area contributed by atoms with E-state index in [2.05, 4.69) is 10.4 Å². The SMILES string of the molecule is CC(C[C@H]1CC[C@H](NC(=O)C(c2ccc(CN3N=C(c4ccccc4)OCC3=O)cc2)C2CCCC2)CC1)C(=O)O. The van der Waals surface area contributed by atoms with E-state index in [1.54, 1.807) is 6.92 Å². The third kappa shape index (κ3) is 7.34. The highest BCUT2D eigenvalue weighted by Crippen LogP contribution is 2.38. The molecule has 0 spiro atoms. The van der Waals surface area contributed by atoms with Crippen molar-refractivity contribution < 1.29 is 24.2 Å². The second-order valence-electron chi connectivity index (χ2n) is 12.0. The fourth-order valence-electron chi connectivity index (χ4n) is 6.61. The molecule has 2 aromatic carbocycles. The number of carbonyl (C=O) groups is 3. The minimum Gasteiger partial charge on any atom is -0.481 e. The molecule has 2 unspecified atom stereocenters. The molecule has 2 amide bonds. The molecule has 2 aliphatic carbocycles. The lowest BCUT2D eigenvalue weighted by atomic mass is 9.80. The van der Waals surface area contributed by atoms with Crippen LogP contribution in [-0.2, 0) is 25.7 Å². The Bertz CT molecular complexity index is 1230. The van der Waals surface area contributed by atoms with Crippen molar-refractivity contribution in [2.45, 2.75) is 83.2 Å². The predicted molar refractivity (Wildman–Crippen MR) is 156 cm³/mol. The van der Waals surface area contributed by atoms with Crippen molar-refractivity contribution in [3.63, 3.8) is 0 Å². The maximum Gasteiger partial charge on any atom is 0.306 e. The number of carboxylic acid groups (broad SMARTS) is 1. The topological polar surface area (TPSA) is 108 Å². The van der Waals surface area contributed by atoms with Crippen LogP contribution in [-0.4, -0.2) is 46.4 Å². The number of hydrazone groups is 1. The lowest BCUT2D eigenvalue weighted by Crippen LogP contribution is -2.42. The number of hydrogen-bond acceptors (Lipinski definition) is 5. The summed E-state index contributed by atoms with van der Waals surface area (Å²) in [6.07, 6.45) is 8.84. The van der Waals surface area contributed by atoms with Crippen LogP contribution in [0.1, 0.15) is 87.3 Å². The van der Waals surface area contributed by atoms with Gasteiger partial charge in [-0.15, -0.1) is 5.10 Å². The number of benzene rings is 2. The number of nitrogens with one attached hydrogen (secondary N) is 1. The minimum absolute atomic E-state index is 0.0454. The highest BCUT2D eigenvalue weighted by Gasteiger charge is 2.34. The van der Waals surface area contributed by atoms with E-state index >= 15 is 0 Å². The second-order valence-corrected chi connectivity index (χ2v) is 12.0. The van der Waals surface area contributed by atoms with Crippen LogP contribution >= 0.6 is 0 Å². The van der Waals surface area contributed by atoms with Crippen LogP contribution < -0.4 is 5.32 Å². The largest absolute Gasteiger partial charge is 0.481 e. The van der Waals surface area contributed by atoms with Gasteiger partial charge in [-0.3, -0.25) is 14.4 Å². The summed E-state index contributed by atoms with van der Waals surface area (Å²) in [6, 6.07) is 17.8. The maximum absolute atomic E-state index is 13.7. The number of carboxylic acids is 1. The predicted octanol–water partition coefficient (Wildman–Crippen LogP) is 5.47. The molecule has 3 aliphatic rings. The zero-order chi connectivity index (χ0) is 28.8. The van der Waals surface area contributed by atoms with E-state index in [4.69, 9.17) is 4.74 Å². The number of amides is 2. The van der Waals surface area contributed by atoms with Crippen LogP contribution in [0.2, 0.25) is 0 Å². The smallest absolute Gasteiger partial charge is 0.306 e. The van der Waals surface area contributed by atoms with Crippen molar-refractivity contribution >= 4 is 23.7 Å². The van der Waals surface area contributed by atoms with Crippen molar-refractivity contribution in [2.24, 2.45) is 22.9 Å². The Balaban J connectivity index is 1.23. The van der Waals surface area contributed by atoms with Gasteiger partial charge in [-0.05, 0) is 80.0 Å². The van der Waals surface area contributed by atoms with Crippen LogP contribution in [0.15, 0.2) is 59.7 Å². The molecule has 0 aromatic heterocycles. The van der Waals surface area contributed by atoms with Crippen molar-refractivity contribution in [2.75, 3.05) is 6.61 Å². The average molecular weight is 560 g/mol. The molecule has 1 heterocycles. The molecule has 2 fully saturated rings. The molecule has 8 nitrogen and oxygen atoms in total. The van der Waals surface area contributed by atoms with Gasteiger partial charge in [0.2, 0.25) is 11.8 Å². The number of hydrogen-bond donors (Lipinski definition) is 2. The highest BCUT2D eigenvalue weighted by molar-refractivity contribution is 5.97. The molecule has 41 heavy (non-hydrogen) atoms. The Hall–Kier alpha value is -3.68. The number of carbonyl (C=O) groups excluding carboxylic acids is 2. The van der Waals surface area contributed by atoms with Gasteiger partial charge in [0.25, 0.3) is 5.91 Å². The van der Waals surface area contributed by atoms with Crippen LogP contribution in [0, 0.1) is 17.8 Å². The van der Waals surface area contributed by atoms with Crippen molar-refractivity contribution in [1.82, 2.24) is 10.3 Å². The van der Waals surface area contributed by atoms with Gasteiger partial charge in [-0.25, -0.2) is 5.01 Å². The zero-order valence-electron chi connectivity index (χ0n) is 23.8. The standard InChI is InChI=1S/C33H41N3O5/c1-22(33(39)40)19-23-13-17-28(18-14-23)34-31(38)30(25-7-5-6-8-25)26-15-11-24(12-16-26)20-36-29(37)21-41-32(35-36)27-9-3-2-4-10-27/h2-4,9-12,15-16,22-23,25,28,30H,5-8,13-14,17-21H2,1H3,(H,34,38)(H,39,40)/t22?,23-,28-,30?. The Morgan fingerprint density at radius 1 is 1.00 bits per heavy atom. The minimum atomic E-state index is -0.730. The molecular weight excluding hydrogens is 518 g/mol. The van der Waals surface area contributed by atoms with Gasteiger partial charge in [-0.1, -0.05) is 62.2 Å². The molecule has 2 aromatic rings. The lowest BCUT2D eigenvalue weighted by molar-refractivity contribution is -0.141. The Morgan fingerprint density at radius 2 is 1.68 bits per heavy atom. The first-order valence-corrected chi connectivity index (χ1v) is 15.1. The van der Waals surface area contributed by atoms with E-state index in [0.29, 0.717) is 30.7 Å². The van der Waals surface area contributed by atoms with E-state index in [1.165, 1.54) is 5.01 Å². The Morgan fingerprint density at radius 3 is 2.34 bits per heavy atom. The number of nitrogens with zero attached hydrogens (tertiary/aromatic N) is 2. The van der Waals surface area contributed by atoms with Crippen LogP contribution in [0.25, 0.3) is 0 Å². The molecule has 218 valence electrons. The van der Waals surface area contributed by atoms with Gasteiger partial charge >= 0.3 is 5.97 Å². The van der Waals surface area contributed by atoms with Gasteiger partial charge in [0.05, 0.1) is 18.4 Å². The number of ether oxygens (including phenoxy) is 1. The summed E-state index contributed by atoms with van der Waals surface area (Å²) in [6.45, 7) is 2.07. The van der Waals surface area contributed by atoms with E-state index in [-0.39, 0.29) is 36.3 Å². The summed E-state index contributed by atoms with van der Waals surface area (Å²) in [4.78, 5) is 37.4. The van der Waals surface area contributed by atoms with Gasteiger partial charge < -0.3 is 15.2 Å². The fourth-order valence-corrected chi connectivity index (χ4v) is 6.61. The maximum atomic E-state index is 13.7. The van der Waals surface area contributed by atoms with Crippen LogP contribution in [0.3, 0.4) is 0 Å². The quantitative estimate of drug-likeness (QED) is 0.402. The average Bonchev–Trinajstić information content (AvgIpc) is 3.51. The molecule has 2 saturated carbocycles. The second kappa shape index (κ2) is 13.3. The third-order valence-corrected chi connectivity index (χ3v) is 8.98. The summed E-state index contributed by atoms with van der Waals surface area (Å²) in [5.74, 6) is -0.149. The molecule has 0 bridgehead atoms. The molecule has 0 radical (unpaired) electrons. The van der Waals surface area contributed by atoms with Gasteiger partial charge in [0.1, 0.15) is 0 Å². The third-order valence-electron chi connectivity index (χ3n) is 8.98. The molecular formula is C33H41N3O5. The van der Waals surface area contributed by atoms with Crippen molar-refractivity contribution in [3.8, 4) is 0 Å². The molecule has 2 N–H and O–H groups in total. The number of rotatable bonds is 10. The first-order valence-electron chi connectivity index (χ1n) is 15.1. The zero-order valence-corrected chi connectivity index (χ0v) is 23.8. The van der Waals surface area contributed by atoms with E-state index in [9.17, 15) is 19.5 Å². The van der Waals surface area contributed by atoms with Crippen molar-refractivity contribution in [3.05, 3.63) is 71.3 Å². The van der Waals surface area contributed by atoms with Gasteiger partial charge in [-0.2, -0.15) is 0 Å². The van der Waals surface area contributed by atoms with Crippen LogP contribution in [0.4, 0.5) is 0 Å². The van der Waals surface area contributed by atoms with Gasteiger partial charge in [0.15, 0.2) is 6.61 Å². The van der Waals surface area contributed by atoms with E-state index in [0.717, 1.165) is 68.1 Å². The Kier molecular flexibility index (Phi) is 9.37. The molecule has 0 saturated heterocycles. The lowest BCUT2D eigenvalue weighted by Gasteiger charge is -2.32. The van der Waals surface area contributed by atoms with E-state index < -0.39 is 5.97 Å². The van der Waals surface area contributed by atoms with Crippen LogP contribution in [0.5, 0.6) is 0 Å². The summed E-state index contributed by atoms with van der Waals surface area (Å²) >= 11 is 0.